The summed E-state index contributed by atoms with van der Waals surface area (Å²) >= 11 is 0. The molecule has 2 unspecified atom stereocenters. The first-order chi connectivity index (χ1) is 5.40. The van der Waals surface area contributed by atoms with E-state index >= 15 is 0 Å². The molecule has 4 fully saturated rings. The average molecular weight is 187 g/mol. The van der Waals surface area contributed by atoms with E-state index in [0.29, 0.717) is 0 Å². The average Bonchev–Trinajstić information content (AvgIpc) is 2.18. The zero-order valence-corrected chi connectivity index (χ0v) is 8.19. The zero-order chi connectivity index (χ0) is 7.26. The lowest BCUT2D eigenvalue weighted by Gasteiger charge is -2.37. The van der Waals surface area contributed by atoms with Crippen molar-refractivity contribution >= 4 is 0 Å². The molecule has 2 atom stereocenters. The van der Waals surface area contributed by atoms with E-state index in [0.717, 1.165) is 23.8 Å². The summed E-state index contributed by atoms with van der Waals surface area (Å²) in [6.07, 6.45) is 7.63. The third kappa shape index (κ3) is 1.38. The number of nitrogens with one attached hydrogen (secondary N) is 1. The van der Waals surface area contributed by atoms with E-state index in [4.69, 9.17) is 0 Å². The van der Waals surface area contributed by atoms with E-state index < -0.39 is 0 Å². The van der Waals surface area contributed by atoms with E-state index in [9.17, 15) is 0 Å². The van der Waals surface area contributed by atoms with Crippen molar-refractivity contribution in [3.8, 4) is 0 Å². The standard InChI is InChI=1S/C10H17N.ClH/c1-7-2-9-3-8(1)5-10(4-7)11-6-9;/h7-11H,1-6H2;1H/p-1. The lowest BCUT2D eigenvalue weighted by molar-refractivity contribution is -0.00000289. The highest BCUT2D eigenvalue weighted by atomic mass is 35.5. The molecule has 4 rings (SSSR count). The molecule has 0 aromatic rings. The Morgan fingerprint density at radius 2 is 1.33 bits per heavy atom. The van der Waals surface area contributed by atoms with Gasteiger partial charge < -0.3 is 17.7 Å². The molecule has 2 heteroatoms. The summed E-state index contributed by atoms with van der Waals surface area (Å²) in [5.41, 5.74) is 0. The van der Waals surface area contributed by atoms with Gasteiger partial charge in [0.05, 0.1) is 0 Å². The summed E-state index contributed by atoms with van der Waals surface area (Å²) in [5.74, 6) is 3.26. The summed E-state index contributed by atoms with van der Waals surface area (Å²) in [5, 5.41) is 3.70. The number of hydrogen-bond acceptors (Lipinski definition) is 1. The molecule has 1 nitrogen and oxygen atoms in total. The second-order valence-corrected chi connectivity index (χ2v) is 4.88. The number of hydrogen-bond donors (Lipinski definition) is 1. The minimum Gasteiger partial charge on any atom is -1.00 e. The number of rotatable bonds is 0. The number of halogens is 1. The molecular formula is C10H17ClN-. The molecule has 2 saturated carbocycles. The van der Waals surface area contributed by atoms with Crippen LogP contribution in [0.5, 0.6) is 0 Å². The van der Waals surface area contributed by atoms with Gasteiger partial charge in [-0.1, -0.05) is 0 Å². The van der Waals surface area contributed by atoms with Gasteiger partial charge in [0.2, 0.25) is 0 Å². The largest absolute Gasteiger partial charge is 1.00 e. The fourth-order valence-electron chi connectivity index (χ4n) is 3.66. The van der Waals surface area contributed by atoms with Crippen LogP contribution in [0.1, 0.15) is 32.1 Å². The van der Waals surface area contributed by atoms with Crippen molar-refractivity contribution in [1.29, 1.82) is 0 Å². The monoisotopic (exact) mass is 186 g/mol. The van der Waals surface area contributed by atoms with E-state index in [1.807, 2.05) is 0 Å². The lowest BCUT2D eigenvalue weighted by atomic mass is 9.68. The molecule has 0 aromatic heterocycles. The molecule has 0 aromatic carbocycles. The quantitative estimate of drug-likeness (QED) is 0.501. The van der Waals surface area contributed by atoms with Gasteiger partial charge in [-0.15, -0.1) is 0 Å². The zero-order valence-electron chi connectivity index (χ0n) is 7.43. The second kappa shape index (κ2) is 3.19. The van der Waals surface area contributed by atoms with Crippen LogP contribution in [0.2, 0.25) is 0 Å². The Morgan fingerprint density at radius 1 is 0.750 bits per heavy atom. The summed E-state index contributed by atoms with van der Waals surface area (Å²) in [6.45, 7) is 1.33. The second-order valence-electron chi connectivity index (χ2n) is 4.88. The van der Waals surface area contributed by atoms with Crippen molar-refractivity contribution < 1.29 is 12.4 Å². The fraction of sp³-hybridized carbons (Fsp3) is 1.00. The van der Waals surface area contributed by atoms with Crippen LogP contribution in [0, 0.1) is 17.8 Å². The summed E-state index contributed by atoms with van der Waals surface area (Å²) in [4.78, 5) is 0. The van der Waals surface area contributed by atoms with Crippen molar-refractivity contribution in [3.05, 3.63) is 0 Å². The molecule has 0 spiro atoms. The van der Waals surface area contributed by atoms with Crippen LogP contribution in [0.3, 0.4) is 0 Å². The van der Waals surface area contributed by atoms with Crippen molar-refractivity contribution in [2.75, 3.05) is 6.54 Å². The van der Waals surface area contributed by atoms with E-state index in [1.165, 1.54) is 19.4 Å². The highest BCUT2D eigenvalue weighted by Crippen LogP contribution is 2.44. The third-order valence-electron chi connectivity index (χ3n) is 3.93. The van der Waals surface area contributed by atoms with Gasteiger partial charge in [-0.2, -0.15) is 0 Å². The highest BCUT2D eigenvalue weighted by molar-refractivity contribution is 4.93. The van der Waals surface area contributed by atoms with Gasteiger partial charge in [0, 0.05) is 6.04 Å². The SMILES string of the molecule is C1NC2CC3CC1CC(C3)C2.[Cl-]. The third-order valence-corrected chi connectivity index (χ3v) is 3.93. The Kier molecular flexibility index (Phi) is 2.35. The van der Waals surface area contributed by atoms with E-state index in [2.05, 4.69) is 5.32 Å². The van der Waals surface area contributed by atoms with Gasteiger partial charge in [-0.3, -0.25) is 0 Å². The Morgan fingerprint density at radius 3 is 2.00 bits per heavy atom. The van der Waals surface area contributed by atoms with Crippen molar-refractivity contribution in [3.63, 3.8) is 0 Å². The van der Waals surface area contributed by atoms with E-state index in [-0.39, 0.29) is 12.4 Å². The van der Waals surface area contributed by atoms with Crippen molar-refractivity contribution in [2.24, 2.45) is 17.8 Å². The maximum absolute atomic E-state index is 3.70. The molecule has 70 valence electrons. The Balaban J connectivity index is 0.000000563. The van der Waals surface area contributed by atoms with Crippen molar-refractivity contribution in [2.45, 2.75) is 38.1 Å². The molecule has 1 N–H and O–H groups in total. The molecule has 2 saturated heterocycles. The minimum absolute atomic E-state index is 0. The maximum Gasteiger partial charge on any atom is 0.00724 e. The summed E-state index contributed by atoms with van der Waals surface area (Å²) < 4.78 is 0. The van der Waals surface area contributed by atoms with Gasteiger partial charge in [-0.25, -0.2) is 0 Å². The van der Waals surface area contributed by atoms with Crippen LogP contribution in [-0.2, 0) is 0 Å². The Bertz CT molecular complexity index is 137. The predicted octanol–water partition coefficient (Wildman–Crippen LogP) is -1.21. The van der Waals surface area contributed by atoms with Gasteiger partial charge >= 0.3 is 0 Å². The molecule has 2 aliphatic heterocycles. The molecule has 2 heterocycles. The molecule has 12 heavy (non-hydrogen) atoms. The topological polar surface area (TPSA) is 12.0 Å². The van der Waals surface area contributed by atoms with Crippen LogP contribution in [0.4, 0.5) is 0 Å². The minimum atomic E-state index is 0. The molecule has 2 aliphatic carbocycles. The van der Waals surface area contributed by atoms with Crippen LogP contribution in [0.25, 0.3) is 0 Å². The van der Waals surface area contributed by atoms with Gasteiger partial charge in [0.25, 0.3) is 0 Å². The van der Waals surface area contributed by atoms with E-state index in [1.54, 1.807) is 19.3 Å². The summed E-state index contributed by atoms with van der Waals surface area (Å²) in [6, 6.07) is 0.909. The highest BCUT2D eigenvalue weighted by Gasteiger charge is 2.38. The Hall–Kier alpha value is 0.250. The molecule has 4 aliphatic rings. The van der Waals surface area contributed by atoms with Crippen LogP contribution in [-0.4, -0.2) is 12.6 Å². The molecule has 4 bridgehead atoms. The van der Waals surface area contributed by atoms with Gasteiger partial charge in [0.15, 0.2) is 0 Å². The maximum atomic E-state index is 3.70. The first kappa shape index (κ1) is 8.83. The first-order valence-electron chi connectivity index (χ1n) is 5.13. The van der Waals surface area contributed by atoms with Crippen LogP contribution in [0.15, 0.2) is 0 Å². The number of fused-ring (bicyclic) bond motifs is 1. The van der Waals surface area contributed by atoms with Crippen LogP contribution >= 0.6 is 0 Å². The Labute approximate surface area is 80.7 Å². The normalized spacial score (nSPS) is 50.0. The molecular weight excluding hydrogens is 170 g/mol. The smallest absolute Gasteiger partial charge is 0.00724 e. The van der Waals surface area contributed by atoms with Gasteiger partial charge in [0.1, 0.15) is 0 Å². The predicted molar refractivity (Wildman–Crippen MR) is 45.3 cm³/mol. The molecule has 0 amide bonds. The van der Waals surface area contributed by atoms with Crippen LogP contribution < -0.4 is 17.7 Å². The fourth-order valence-corrected chi connectivity index (χ4v) is 3.66. The lowest BCUT2D eigenvalue weighted by Crippen LogP contribution is -3.00. The molecule has 0 radical (unpaired) electrons. The van der Waals surface area contributed by atoms with Gasteiger partial charge in [-0.05, 0) is 56.4 Å². The first-order valence-corrected chi connectivity index (χ1v) is 5.13. The van der Waals surface area contributed by atoms with Crippen molar-refractivity contribution in [1.82, 2.24) is 5.32 Å². The summed E-state index contributed by atoms with van der Waals surface area (Å²) in [7, 11) is 0.